The van der Waals surface area contributed by atoms with Crippen LogP contribution < -0.4 is 9.47 Å². The van der Waals surface area contributed by atoms with Gasteiger partial charge in [0.25, 0.3) is 5.69 Å². The van der Waals surface area contributed by atoms with E-state index >= 15 is 0 Å². The lowest BCUT2D eigenvalue weighted by atomic mass is 9.87. The molecule has 0 N–H and O–H groups in total. The van der Waals surface area contributed by atoms with E-state index in [1.807, 2.05) is 0 Å². The van der Waals surface area contributed by atoms with Crippen molar-refractivity contribution >= 4 is 29.0 Å². The first-order valence-corrected chi connectivity index (χ1v) is 8.96. The fraction of sp³-hybridized carbons (Fsp3) is 0.263. The molecule has 1 atom stereocenters. The summed E-state index contributed by atoms with van der Waals surface area (Å²) in [6, 6.07) is 9.65. The average Bonchev–Trinajstić information content (AvgIpc) is 3.34. The Morgan fingerprint density at radius 2 is 1.97 bits per heavy atom. The largest absolute Gasteiger partial charge is 0.466 e. The number of hydrogen-bond acceptors (Lipinski definition) is 8. The van der Waals surface area contributed by atoms with Crippen LogP contribution in [0.5, 0.6) is 11.5 Å². The SMILES string of the molecule is COC(=O)C1(Cc2cc3c(cc2[N+](=O)[O-])OCO3)CC(c2ccc(Cl)cc2)=NO1. The van der Waals surface area contributed by atoms with Gasteiger partial charge in [-0.25, -0.2) is 4.79 Å². The Morgan fingerprint density at radius 1 is 1.28 bits per heavy atom. The summed E-state index contributed by atoms with van der Waals surface area (Å²) in [4.78, 5) is 29.2. The van der Waals surface area contributed by atoms with Crippen LogP contribution in [0.1, 0.15) is 17.5 Å². The van der Waals surface area contributed by atoms with Gasteiger partial charge in [0.2, 0.25) is 12.4 Å². The summed E-state index contributed by atoms with van der Waals surface area (Å²) in [6.45, 7) is -0.0294. The zero-order chi connectivity index (χ0) is 20.6. The number of oxime groups is 1. The number of nitro groups is 1. The van der Waals surface area contributed by atoms with E-state index in [4.69, 9.17) is 30.6 Å². The average molecular weight is 419 g/mol. The molecule has 2 aliphatic heterocycles. The normalized spacial score (nSPS) is 19.4. The molecule has 0 spiro atoms. The number of esters is 1. The molecule has 0 aromatic heterocycles. The minimum Gasteiger partial charge on any atom is -0.466 e. The summed E-state index contributed by atoms with van der Waals surface area (Å²) < 4.78 is 15.4. The second-order valence-corrected chi connectivity index (χ2v) is 7.00. The molecule has 2 aromatic rings. The number of hydrogen-bond donors (Lipinski definition) is 0. The Bertz CT molecular complexity index is 1020. The summed E-state index contributed by atoms with van der Waals surface area (Å²) in [5.41, 5.74) is -0.267. The molecule has 1 unspecified atom stereocenters. The minimum atomic E-state index is -1.54. The van der Waals surface area contributed by atoms with Crippen LogP contribution in [0, 0.1) is 10.1 Å². The lowest BCUT2D eigenvalue weighted by Crippen LogP contribution is -2.42. The molecular formula is C19H15ClN2O7. The van der Waals surface area contributed by atoms with Gasteiger partial charge in [-0.3, -0.25) is 10.1 Å². The molecule has 2 aliphatic rings. The van der Waals surface area contributed by atoms with Gasteiger partial charge in [0.15, 0.2) is 11.5 Å². The fourth-order valence-electron chi connectivity index (χ4n) is 3.33. The molecule has 0 amide bonds. The Labute approximate surface area is 169 Å². The predicted octanol–water partition coefficient (Wildman–Crippen LogP) is 3.26. The molecule has 10 heteroatoms. The van der Waals surface area contributed by atoms with Crippen LogP contribution in [-0.4, -0.2) is 36.1 Å². The number of nitro benzene ring substituents is 1. The maximum Gasteiger partial charge on any atom is 0.353 e. The molecule has 0 radical (unpaired) electrons. The highest BCUT2D eigenvalue weighted by molar-refractivity contribution is 6.30. The summed E-state index contributed by atoms with van der Waals surface area (Å²) in [5, 5.41) is 16.2. The quantitative estimate of drug-likeness (QED) is 0.416. The molecule has 0 saturated carbocycles. The number of benzene rings is 2. The van der Waals surface area contributed by atoms with E-state index in [1.54, 1.807) is 24.3 Å². The monoisotopic (exact) mass is 418 g/mol. The van der Waals surface area contributed by atoms with Gasteiger partial charge in [0.1, 0.15) is 0 Å². The molecule has 2 aromatic carbocycles. The summed E-state index contributed by atoms with van der Waals surface area (Å²) >= 11 is 5.92. The van der Waals surface area contributed by atoms with Crippen LogP contribution in [0.25, 0.3) is 0 Å². The molecule has 150 valence electrons. The first-order valence-electron chi connectivity index (χ1n) is 8.58. The summed E-state index contributed by atoms with van der Waals surface area (Å²) in [6.07, 6.45) is -0.0554. The third-order valence-electron chi connectivity index (χ3n) is 4.76. The number of halogens is 1. The van der Waals surface area contributed by atoms with Crippen LogP contribution >= 0.6 is 11.6 Å². The second-order valence-electron chi connectivity index (χ2n) is 6.57. The molecule has 0 fully saturated rings. The molecule has 2 heterocycles. The maximum absolute atomic E-state index is 12.6. The van der Waals surface area contributed by atoms with Crippen LogP contribution in [0.4, 0.5) is 5.69 Å². The van der Waals surface area contributed by atoms with Gasteiger partial charge in [-0.05, 0) is 23.8 Å². The van der Waals surface area contributed by atoms with Gasteiger partial charge in [-0.15, -0.1) is 0 Å². The van der Waals surface area contributed by atoms with E-state index in [0.717, 1.165) is 5.56 Å². The Morgan fingerprint density at radius 3 is 2.62 bits per heavy atom. The topological polar surface area (TPSA) is 109 Å². The van der Waals surface area contributed by atoms with Gasteiger partial charge in [-0.1, -0.05) is 28.9 Å². The van der Waals surface area contributed by atoms with Gasteiger partial charge in [-0.2, -0.15) is 0 Å². The Balaban J connectivity index is 1.69. The van der Waals surface area contributed by atoms with Gasteiger partial charge < -0.3 is 19.0 Å². The van der Waals surface area contributed by atoms with Crippen molar-refractivity contribution < 1.29 is 28.8 Å². The van der Waals surface area contributed by atoms with Crippen LogP contribution in [0.15, 0.2) is 41.6 Å². The number of ether oxygens (including phenoxy) is 3. The fourth-order valence-corrected chi connectivity index (χ4v) is 3.46. The number of nitrogens with zero attached hydrogens (tertiary/aromatic N) is 2. The van der Waals surface area contributed by atoms with Crippen molar-refractivity contribution in [2.75, 3.05) is 13.9 Å². The second kappa shape index (κ2) is 7.25. The van der Waals surface area contributed by atoms with Crippen LogP contribution in [-0.2, 0) is 20.8 Å². The third kappa shape index (κ3) is 3.44. The Hall–Kier alpha value is -3.33. The maximum atomic E-state index is 12.6. The standard InChI is InChI=1S/C19H15ClN2O7/c1-26-18(23)19(9-14(21-29-19)11-2-4-13(20)5-3-11)8-12-6-16-17(28-10-27-16)7-15(12)22(24)25/h2-7H,8-10H2,1H3. The number of fused-ring (bicyclic) bond motifs is 1. The van der Waals surface area contributed by atoms with Crippen molar-refractivity contribution in [3.8, 4) is 11.5 Å². The molecule has 0 aliphatic carbocycles. The van der Waals surface area contributed by atoms with Gasteiger partial charge in [0, 0.05) is 23.4 Å². The number of rotatable bonds is 5. The lowest BCUT2D eigenvalue weighted by molar-refractivity contribution is -0.385. The number of carbonyl (C=O) groups is 1. The molecular weight excluding hydrogens is 404 g/mol. The van der Waals surface area contributed by atoms with Crippen molar-refractivity contribution in [3.63, 3.8) is 0 Å². The Kier molecular flexibility index (Phi) is 4.75. The van der Waals surface area contributed by atoms with Crippen LogP contribution in [0.3, 0.4) is 0 Å². The first-order chi connectivity index (χ1) is 13.9. The van der Waals surface area contributed by atoms with Crippen molar-refractivity contribution in [1.29, 1.82) is 0 Å². The number of methoxy groups -OCH3 is 1. The molecule has 4 rings (SSSR count). The zero-order valence-electron chi connectivity index (χ0n) is 15.2. The summed E-state index contributed by atoms with van der Waals surface area (Å²) in [5.74, 6) is -0.0438. The van der Waals surface area contributed by atoms with Crippen molar-refractivity contribution in [2.45, 2.75) is 18.4 Å². The zero-order valence-corrected chi connectivity index (χ0v) is 16.0. The van der Waals surface area contributed by atoms with E-state index in [1.165, 1.54) is 19.2 Å². The van der Waals surface area contributed by atoms with E-state index in [2.05, 4.69) is 5.16 Å². The number of carbonyl (C=O) groups excluding carboxylic acids is 1. The van der Waals surface area contributed by atoms with Gasteiger partial charge in [0.05, 0.1) is 23.8 Å². The van der Waals surface area contributed by atoms with E-state index in [9.17, 15) is 14.9 Å². The van der Waals surface area contributed by atoms with Crippen molar-refractivity contribution in [2.24, 2.45) is 5.16 Å². The van der Waals surface area contributed by atoms with E-state index in [0.29, 0.717) is 16.5 Å². The minimum absolute atomic E-state index is 0.0294. The highest BCUT2D eigenvalue weighted by atomic mass is 35.5. The highest BCUT2D eigenvalue weighted by Gasteiger charge is 2.49. The van der Waals surface area contributed by atoms with Crippen LogP contribution in [0.2, 0.25) is 5.02 Å². The van der Waals surface area contributed by atoms with Gasteiger partial charge >= 0.3 is 5.97 Å². The predicted molar refractivity (Wildman–Crippen MR) is 101 cm³/mol. The molecule has 29 heavy (non-hydrogen) atoms. The van der Waals surface area contributed by atoms with E-state index < -0.39 is 16.5 Å². The first kappa shape index (κ1) is 19.0. The smallest absolute Gasteiger partial charge is 0.353 e. The van der Waals surface area contributed by atoms with Crippen molar-refractivity contribution in [1.82, 2.24) is 0 Å². The summed E-state index contributed by atoms with van der Waals surface area (Å²) in [7, 11) is 1.22. The van der Waals surface area contributed by atoms with Crippen molar-refractivity contribution in [3.05, 3.63) is 62.7 Å². The molecule has 0 bridgehead atoms. The highest BCUT2D eigenvalue weighted by Crippen LogP contribution is 2.41. The molecule has 0 saturated heterocycles. The lowest BCUT2D eigenvalue weighted by Gasteiger charge is -2.23. The molecule has 9 nitrogen and oxygen atoms in total. The third-order valence-corrected chi connectivity index (χ3v) is 5.02. The van der Waals surface area contributed by atoms with E-state index in [-0.39, 0.29) is 36.6 Å².